The van der Waals surface area contributed by atoms with E-state index in [9.17, 15) is 9.59 Å². The molecule has 1 amide bonds. The Kier molecular flexibility index (Phi) is 5.68. The smallest absolute Gasteiger partial charge is 0.338 e. The van der Waals surface area contributed by atoms with Gasteiger partial charge in [0.1, 0.15) is 5.56 Å². The fourth-order valence-corrected chi connectivity index (χ4v) is 1.92. The molecule has 1 aromatic heterocycles. The van der Waals surface area contributed by atoms with Gasteiger partial charge in [-0.05, 0) is 50.2 Å². The van der Waals surface area contributed by atoms with Crippen molar-refractivity contribution in [3.05, 3.63) is 53.7 Å². The van der Waals surface area contributed by atoms with Crippen LogP contribution in [-0.2, 0) is 4.74 Å². The van der Waals surface area contributed by atoms with E-state index >= 15 is 0 Å². The number of nitrogens with one attached hydrogen (secondary N) is 1. The van der Waals surface area contributed by atoms with Crippen molar-refractivity contribution in [1.82, 2.24) is 4.98 Å². The Labute approximate surface area is 134 Å². The van der Waals surface area contributed by atoms with Crippen molar-refractivity contribution in [2.24, 2.45) is 0 Å². The largest absolute Gasteiger partial charge is 0.477 e. The van der Waals surface area contributed by atoms with E-state index < -0.39 is 5.97 Å². The summed E-state index contributed by atoms with van der Waals surface area (Å²) in [7, 11) is 0. The van der Waals surface area contributed by atoms with Gasteiger partial charge >= 0.3 is 5.97 Å². The number of benzene rings is 1. The SMILES string of the molecule is CCOC(=O)c1ccc(NC(=O)c2cccnc2OCC)cc1. The summed E-state index contributed by atoms with van der Waals surface area (Å²) in [6.45, 7) is 4.31. The third-order valence-corrected chi connectivity index (χ3v) is 2.95. The van der Waals surface area contributed by atoms with Gasteiger partial charge in [-0.1, -0.05) is 0 Å². The molecule has 0 bridgehead atoms. The number of ether oxygens (including phenoxy) is 2. The standard InChI is InChI=1S/C17H18N2O4/c1-3-22-16-14(6-5-11-18-16)15(20)19-13-9-7-12(8-10-13)17(21)23-4-2/h5-11H,3-4H2,1-2H3,(H,19,20). The molecule has 1 heterocycles. The highest BCUT2D eigenvalue weighted by Crippen LogP contribution is 2.17. The molecule has 0 atom stereocenters. The number of hydrogen-bond acceptors (Lipinski definition) is 5. The Balaban J connectivity index is 2.10. The van der Waals surface area contributed by atoms with E-state index in [0.717, 1.165) is 0 Å². The topological polar surface area (TPSA) is 77.5 Å². The van der Waals surface area contributed by atoms with Crippen LogP contribution in [0.2, 0.25) is 0 Å². The summed E-state index contributed by atoms with van der Waals surface area (Å²) in [4.78, 5) is 27.9. The summed E-state index contributed by atoms with van der Waals surface area (Å²) in [5.74, 6) is -0.433. The van der Waals surface area contributed by atoms with Crippen LogP contribution < -0.4 is 10.1 Å². The molecule has 0 saturated carbocycles. The van der Waals surface area contributed by atoms with E-state index in [1.165, 1.54) is 0 Å². The lowest BCUT2D eigenvalue weighted by molar-refractivity contribution is 0.0526. The third kappa shape index (κ3) is 4.29. The van der Waals surface area contributed by atoms with Crippen molar-refractivity contribution in [2.45, 2.75) is 13.8 Å². The highest BCUT2D eigenvalue weighted by atomic mass is 16.5. The quantitative estimate of drug-likeness (QED) is 0.830. The van der Waals surface area contributed by atoms with Crippen LogP contribution in [0.25, 0.3) is 0 Å². The van der Waals surface area contributed by atoms with Crippen molar-refractivity contribution in [1.29, 1.82) is 0 Å². The number of amides is 1. The lowest BCUT2D eigenvalue weighted by Crippen LogP contribution is -2.14. The number of aromatic nitrogens is 1. The van der Waals surface area contributed by atoms with Crippen LogP contribution in [0.4, 0.5) is 5.69 Å². The maximum atomic E-state index is 12.3. The van der Waals surface area contributed by atoms with E-state index in [0.29, 0.717) is 30.0 Å². The van der Waals surface area contributed by atoms with Crippen LogP contribution in [0.3, 0.4) is 0 Å². The average molecular weight is 314 g/mol. The second kappa shape index (κ2) is 7.93. The molecule has 120 valence electrons. The summed E-state index contributed by atoms with van der Waals surface area (Å²) in [6.07, 6.45) is 1.57. The molecule has 6 heteroatoms. The molecule has 1 aromatic carbocycles. The summed E-state index contributed by atoms with van der Waals surface area (Å²) < 4.78 is 10.2. The molecule has 0 unspecified atom stereocenters. The van der Waals surface area contributed by atoms with Gasteiger partial charge in [0.15, 0.2) is 0 Å². The highest BCUT2D eigenvalue weighted by molar-refractivity contribution is 6.06. The first-order valence-electron chi connectivity index (χ1n) is 7.32. The first-order chi connectivity index (χ1) is 11.2. The van der Waals surface area contributed by atoms with Crippen LogP contribution >= 0.6 is 0 Å². The molecule has 6 nitrogen and oxygen atoms in total. The summed E-state index contributed by atoms with van der Waals surface area (Å²) in [6, 6.07) is 9.78. The van der Waals surface area contributed by atoms with Crippen LogP contribution in [0.1, 0.15) is 34.6 Å². The molecule has 1 N–H and O–H groups in total. The average Bonchev–Trinajstić information content (AvgIpc) is 2.56. The van der Waals surface area contributed by atoms with E-state index in [4.69, 9.17) is 9.47 Å². The molecule has 0 saturated heterocycles. The predicted octanol–water partition coefficient (Wildman–Crippen LogP) is 2.91. The number of carbonyl (C=O) groups is 2. The van der Waals surface area contributed by atoms with Gasteiger partial charge in [0.05, 0.1) is 18.8 Å². The van der Waals surface area contributed by atoms with Crippen LogP contribution in [0.5, 0.6) is 5.88 Å². The molecule has 0 aliphatic rings. The number of hydrogen-bond donors (Lipinski definition) is 1. The van der Waals surface area contributed by atoms with E-state index in [1.54, 1.807) is 49.5 Å². The number of pyridine rings is 1. The fraction of sp³-hybridized carbons (Fsp3) is 0.235. The Hall–Kier alpha value is -2.89. The zero-order valence-electron chi connectivity index (χ0n) is 13.0. The number of nitrogens with zero attached hydrogens (tertiary/aromatic N) is 1. The molecule has 0 radical (unpaired) electrons. The molecule has 0 aliphatic heterocycles. The van der Waals surface area contributed by atoms with Crippen LogP contribution in [0.15, 0.2) is 42.6 Å². The van der Waals surface area contributed by atoms with Crippen molar-refractivity contribution in [3.8, 4) is 5.88 Å². The zero-order valence-corrected chi connectivity index (χ0v) is 13.0. The lowest BCUT2D eigenvalue weighted by atomic mass is 10.2. The van der Waals surface area contributed by atoms with Gasteiger partial charge < -0.3 is 14.8 Å². The van der Waals surface area contributed by atoms with Gasteiger partial charge in [0.25, 0.3) is 5.91 Å². The molecule has 23 heavy (non-hydrogen) atoms. The second-order valence-electron chi connectivity index (χ2n) is 4.54. The number of rotatable bonds is 6. The fourth-order valence-electron chi connectivity index (χ4n) is 1.92. The molecule has 2 rings (SSSR count). The first kappa shape index (κ1) is 16.5. The van der Waals surface area contributed by atoms with Crippen LogP contribution in [-0.4, -0.2) is 30.1 Å². The van der Waals surface area contributed by atoms with Gasteiger partial charge in [-0.2, -0.15) is 0 Å². The van der Waals surface area contributed by atoms with Gasteiger partial charge in [0, 0.05) is 11.9 Å². The predicted molar refractivity (Wildman–Crippen MR) is 85.8 cm³/mol. The maximum Gasteiger partial charge on any atom is 0.338 e. The van der Waals surface area contributed by atoms with Crippen molar-refractivity contribution >= 4 is 17.6 Å². The normalized spacial score (nSPS) is 10.0. The summed E-state index contributed by atoms with van der Waals surface area (Å²) in [5.41, 5.74) is 1.35. The van der Waals surface area contributed by atoms with Crippen LogP contribution in [0, 0.1) is 0 Å². The molecule has 0 aliphatic carbocycles. The molecular formula is C17H18N2O4. The Morgan fingerprint density at radius 2 is 1.83 bits per heavy atom. The number of esters is 1. The minimum atomic E-state index is -0.392. The second-order valence-corrected chi connectivity index (χ2v) is 4.54. The summed E-state index contributed by atoms with van der Waals surface area (Å²) in [5, 5.41) is 2.74. The van der Waals surface area contributed by atoms with Crippen molar-refractivity contribution in [3.63, 3.8) is 0 Å². The van der Waals surface area contributed by atoms with Crippen molar-refractivity contribution in [2.75, 3.05) is 18.5 Å². The Bertz CT molecular complexity index is 683. The van der Waals surface area contributed by atoms with Gasteiger partial charge in [-0.25, -0.2) is 9.78 Å². The van der Waals surface area contributed by atoms with E-state index in [-0.39, 0.29) is 11.8 Å². The van der Waals surface area contributed by atoms with E-state index in [1.807, 2.05) is 6.92 Å². The lowest BCUT2D eigenvalue weighted by Gasteiger charge is -2.09. The Morgan fingerprint density at radius 3 is 2.48 bits per heavy atom. The monoisotopic (exact) mass is 314 g/mol. The number of anilines is 1. The summed E-state index contributed by atoms with van der Waals surface area (Å²) >= 11 is 0. The molecular weight excluding hydrogens is 296 g/mol. The Morgan fingerprint density at radius 1 is 1.09 bits per heavy atom. The minimum absolute atomic E-state index is 0.288. The van der Waals surface area contributed by atoms with Gasteiger partial charge in [-0.15, -0.1) is 0 Å². The highest BCUT2D eigenvalue weighted by Gasteiger charge is 2.14. The molecule has 2 aromatic rings. The van der Waals surface area contributed by atoms with Gasteiger partial charge in [-0.3, -0.25) is 4.79 Å². The van der Waals surface area contributed by atoms with Crippen molar-refractivity contribution < 1.29 is 19.1 Å². The van der Waals surface area contributed by atoms with Gasteiger partial charge in [0.2, 0.25) is 5.88 Å². The zero-order chi connectivity index (χ0) is 16.7. The molecule has 0 spiro atoms. The maximum absolute atomic E-state index is 12.3. The first-order valence-corrected chi connectivity index (χ1v) is 7.32. The minimum Gasteiger partial charge on any atom is -0.477 e. The van der Waals surface area contributed by atoms with E-state index in [2.05, 4.69) is 10.3 Å². The third-order valence-electron chi connectivity index (χ3n) is 2.95. The number of carbonyl (C=O) groups excluding carboxylic acids is 2. The molecule has 0 fully saturated rings.